The standard InChI is InChI=1S/C14H13N3O2S/c1-19-8-12(18)17-13-3-2-11(20-13)9-4-6-15-14-10(9)5-7-16-14/h2-7H,8H2,1H3,(H,15,16)(H,17,18). The highest BCUT2D eigenvalue weighted by atomic mass is 32.1. The lowest BCUT2D eigenvalue weighted by atomic mass is 10.1. The number of amides is 1. The number of pyridine rings is 1. The Balaban J connectivity index is 1.90. The fraction of sp³-hybridized carbons (Fsp3) is 0.143. The van der Waals surface area contributed by atoms with Crippen LogP contribution in [0.1, 0.15) is 0 Å². The lowest BCUT2D eigenvalue weighted by molar-refractivity contribution is -0.119. The van der Waals surface area contributed by atoms with Crippen LogP contribution in [0.3, 0.4) is 0 Å². The van der Waals surface area contributed by atoms with E-state index in [1.807, 2.05) is 30.5 Å². The third-order valence-corrected chi connectivity index (χ3v) is 3.90. The molecule has 3 heterocycles. The summed E-state index contributed by atoms with van der Waals surface area (Å²) in [6.07, 6.45) is 3.65. The van der Waals surface area contributed by atoms with Gasteiger partial charge in [0.2, 0.25) is 0 Å². The van der Waals surface area contributed by atoms with Crippen LogP contribution in [0.2, 0.25) is 0 Å². The Morgan fingerprint density at radius 2 is 2.30 bits per heavy atom. The van der Waals surface area contributed by atoms with Crippen molar-refractivity contribution in [1.82, 2.24) is 9.97 Å². The normalized spacial score (nSPS) is 10.8. The molecule has 0 aliphatic rings. The van der Waals surface area contributed by atoms with E-state index in [1.54, 1.807) is 6.20 Å². The molecule has 2 N–H and O–H groups in total. The van der Waals surface area contributed by atoms with Crippen LogP contribution in [0.25, 0.3) is 21.5 Å². The van der Waals surface area contributed by atoms with Crippen molar-refractivity contribution < 1.29 is 9.53 Å². The first-order valence-corrected chi connectivity index (χ1v) is 6.90. The Labute approximate surface area is 119 Å². The zero-order valence-electron chi connectivity index (χ0n) is 10.8. The van der Waals surface area contributed by atoms with Crippen LogP contribution in [0.15, 0.2) is 36.7 Å². The quantitative estimate of drug-likeness (QED) is 0.775. The van der Waals surface area contributed by atoms with Gasteiger partial charge >= 0.3 is 0 Å². The van der Waals surface area contributed by atoms with E-state index in [9.17, 15) is 4.79 Å². The summed E-state index contributed by atoms with van der Waals surface area (Å²) in [6.45, 7) is 0.0601. The molecule has 3 aromatic rings. The molecule has 0 atom stereocenters. The van der Waals surface area contributed by atoms with Gasteiger partial charge in [-0.15, -0.1) is 11.3 Å². The van der Waals surface area contributed by atoms with E-state index in [2.05, 4.69) is 15.3 Å². The van der Waals surface area contributed by atoms with Gasteiger partial charge in [-0.1, -0.05) is 0 Å². The molecule has 0 saturated carbocycles. The summed E-state index contributed by atoms with van der Waals surface area (Å²) in [4.78, 5) is 19.9. The topological polar surface area (TPSA) is 67.0 Å². The van der Waals surface area contributed by atoms with E-state index in [0.29, 0.717) is 0 Å². The maximum absolute atomic E-state index is 11.5. The van der Waals surface area contributed by atoms with Crippen molar-refractivity contribution >= 4 is 33.3 Å². The average molecular weight is 287 g/mol. The number of carbonyl (C=O) groups is 1. The molecule has 0 saturated heterocycles. The van der Waals surface area contributed by atoms with Gasteiger partial charge in [-0.3, -0.25) is 4.79 Å². The largest absolute Gasteiger partial charge is 0.375 e. The number of carbonyl (C=O) groups excluding carboxylic acids is 1. The first kappa shape index (κ1) is 12.8. The number of hydrogen-bond donors (Lipinski definition) is 2. The summed E-state index contributed by atoms with van der Waals surface area (Å²) in [6, 6.07) is 7.87. The van der Waals surface area contributed by atoms with Crippen molar-refractivity contribution in [2.75, 3.05) is 19.0 Å². The van der Waals surface area contributed by atoms with Crippen LogP contribution in [0, 0.1) is 0 Å². The monoisotopic (exact) mass is 287 g/mol. The molecule has 0 aliphatic carbocycles. The molecule has 5 nitrogen and oxygen atoms in total. The van der Waals surface area contributed by atoms with Crippen molar-refractivity contribution in [2.45, 2.75) is 0 Å². The molecule has 0 fully saturated rings. The summed E-state index contributed by atoms with van der Waals surface area (Å²) in [5, 5.41) is 4.69. The number of H-pyrrole nitrogens is 1. The highest BCUT2D eigenvalue weighted by molar-refractivity contribution is 7.19. The van der Waals surface area contributed by atoms with Gasteiger partial charge < -0.3 is 15.0 Å². The number of thiophene rings is 1. The molecule has 0 aromatic carbocycles. The summed E-state index contributed by atoms with van der Waals surface area (Å²) < 4.78 is 4.79. The molecular weight excluding hydrogens is 274 g/mol. The van der Waals surface area contributed by atoms with Crippen LogP contribution in [0.5, 0.6) is 0 Å². The van der Waals surface area contributed by atoms with Crippen LogP contribution in [-0.4, -0.2) is 29.6 Å². The van der Waals surface area contributed by atoms with Gasteiger partial charge in [-0.2, -0.15) is 0 Å². The van der Waals surface area contributed by atoms with E-state index in [4.69, 9.17) is 4.74 Å². The molecule has 20 heavy (non-hydrogen) atoms. The number of nitrogens with one attached hydrogen (secondary N) is 2. The minimum Gasteiger partial charge on any atom is -0.375 e. The van der Waals surface area contributed by atoms with Gasteiger partial charge in [0.1, 0.15) is 12.3 Å². The van der Waals surface area contributed by atoms with Crippen molar-refractivity contribution in [2.24, 2.45) is 0 Å². The first-order chi connectivity index (χ1) is 9.78. The second-order valence-corrected chi connectivity index (χ2v) is 5.33. The molecule has 0 aliphatic heterocycles. The minimum atomic E-state index is -0.151. The Morgan fingerprint density at radius 1 is 1.40 bits per heavy atom. The van der Waals surface area contributed by atoms with Gasteiger partial charge in [0.15, 0.2) is 0 Å². The predicted molar refractivity (Wildman–Crippen MR) is 79.9 cm³/mol. The van der Waals surface area contributed by atoms with Crippen molar-refractivity contribution in [3.8, 4) is 10.4 Å². The van der Waals surface area contributed by atoms with Gasteiger partial charge in [0, 0.05) is 35.3 Å². The highest BCUT2D eigenvalue weighted by Gasteiger charge is 2.09. The Morgan fingerprint density at radius 3 is 3.15 bits per heavy atom. The average Bonchev–Trinajstić information content (AvgIpc) is 3.06. The van der Waals surface area contributed by atoms with Gasteiger partial charge in [-0.25, -0.2) is 4.98 Å². The molecule has 0 spiro atoms. The molecule has 3 rings (SSSR count). The van der Waals surface area contributed by atoms with E-state index < -0.39 is 0 Å². The van der Waals surface area contributed by atoms with Crippen LogP contribution < -0.4 is 5.32 Å². The molecular formula is C14H13N3O2S. The van der Waals surface area contributed by atoms with Gasteiger partial charge in [0.05, 0.1) is 5.00 Å². The zero-order chi connectivity index (χ0) is 13.9. The molecule has 0 radical (unpaired) electrons. The fourth-order valence-corrected chi connectivity index (χ4v) is 2.99. The molecule has 0 unspecified atom stereocenters. The van der Waals surface area contributed by atoms with Crippen LogP contribution >= 0.6 is 11.3 Å². The lowest BCUT2D eigenvalue weighted by Crippen LogP contribution is -2.16. The number of ether oxygens (including phenoxy) is 1. The number of fused-ring (bicyclic) bond motifs is 1. The van der Waals surface area contributed by atoms with Crippen molar-refractivity contribution in [1.29, 1.82) is 0 Å². The van der Waals surface area contributed by atoms with E-state index in [1.165, 1.54) is 18.4 Å². The number of hydrogen-bond acceptors (Lipinski definition) is 4. The Bertz CT molecular complexity index is 748. The van der Waals surface area contributed by atoms with Crippen LogP contribution in [-0.2, 0) is 9.53 Å². The third kappa shape index (κ3) is 2.43. The molecule has 0 bridgehead atoms. The number of anilines is 1. The maximum Gasteiger partial charge on any atom is 0.250 e. The summed E-state index contributed by atoms with van der Waals surface area (Å²) in [5.74, 6) is -0.151. The smallest absolute Gasteiger partial charge is 0.250 e. The second kappa shape index (κ2) is 5.44. The molecule has 1 amide bonds. The van der Waals surface area contributed by atoms with Crippen LogP contribution in [0.4, 0.5) is 5.00 Å². The highest BCUT2D eigenvalue weighted by Crippen LogP contribution is 2.34. The minimum absolute atomic E-state index is 0.0601. The number of methoxy groups -OCH3 is 1. The summed E-state index contributed by atoms with van der Waals surface area (Å²) in [5.41, 5.74) is 1.97. The van der Waals surface area contributed by atoms with Crippen molar-refractivity contribution in [3.05, 3.63) is 36.7 Å². The number of aromatic nitrogens is 2. The fourth-order valence-electron chi connectivity index (χ4n) is 2.03. The van der Waals surface area contributed by atoms with E-state index >= 15 is 0 Å². The Hall–Kier alpha value is -2.18. The van der Waals surface area contributed by atoms with E-state index in [0.717, 1.165) is 26.5 Å². The number of aromatic amines is 1. The molecule has 6 heteroatoms. The summed E-state index contributed by atoms with van der Waals surface area (Å²) >= 11 is 1.53. The van der Waals surface area contributed by atoms with Gasteiger partial charge in [0.25, 0.3) is 5.91 Å². The number of rotatable bonds is 4. The lowest BCUT2D eigenvalue weighted by Gasteiger charge is -2.01. The second-order valence-electron chi connectivity index (χ2n) is 4.24. The maximum atomic E-state index is 11.5. The third-order valence-electron chi connectivity index (χ3n) is 2.87. The SMILES string of the molecule is COCC(=O)Nc1ccc(-c2ccnc3[nH]ccc23)s1. The summed E-state index contributed by atoms with van der Waals surface area (Å²) in [7, 11) is 1.50. The number of nitrogens with zero attached hydrogens (tertiary/aromatic N) is 1. The molecule has 3 aromatic heterocycles. The molecule has 102 valence electrons. The predicted octanol–water partition coefficient (Wildman–Crippen LogP) is 2.88. The first-order valence-electron chi connectivity index (χ1n) is 6.09. The van der Waals surface area contributed by atoms with Crippen molar-refractivity contribution in [3.63, 3.8) is 0 Å². The van der Waals surface area contributed by atoms with Gasteiger partial charge in [-0.05, 0) is 24.3 Å². The zero-order valence-corrected chi connectivity index (χ0v) is 11.7. The van der Waals surface area contributed by atoms with E-state index in [-0.39, 0.29) is 12.5 Å². The Kier molecular flexibility index (Phi) is 3.49.